The van der Waals surface area contributed by atoms with E-state index in [-0.39, 0.29) is 10.8 Å². The fourth-order valence-electron chi connectivity index (χ4n) is 1.42. The summed E-state index contributed by atoms with van der Waals surface area (Å²) in [6.07, 6.45) is 0. The van der Waals surface area contributed by atoms with Crippen LogP contribution in [0.15, 0.2) is 0 Å². The lowest BCUT2D eigenvalue weighted by atomic mass is 9.68. The number of rotatable bonds is 0. The van der Waals surface area contributed by atoms with Crippen LogP contribution in [0.25, 0.3) is 0 Å². The Balaban J connectivity index is 2.19. The maximum atomic E-state index is 5.43. The topological polar surface area (TPSA) is 27.7 Å². The largest absolute Gasteiger partial charge is 0.332 e. The van der Waals surface area contributed by atoms with E-state index in [1.807, 2.05) is 0 Å². The van der Waals surface area contributed by atoms with Gasteiger partial charge in [-0.05, 0) is 5.41 Å². The van der Waals surface area contributed by atoms with E-state index in [2.05, 4.69) is 20.8 Å². The molecule has 0 N–H and O–H groups in total. The van der Waals surface area contributed by atoms with Crippen molar-refractivity contribution in [3.8, 4) is 0 Å². The Morgan fingerprint density at radius 3 is 1.67 bits per heavy atom. The van der Waals surface area contributed by atoms with Crippen LogP contribution < -0.4 is 0 Å². The zero-order chi connectivity index (χ0) is 8.82. The van der Waals surface area contributed by atoms with Crippen molar-refractivity contribution in [2.75, 3.05) is 19.8 Å². The van der Waals surface area contributed by atoms with Gasteiger partial charge in [-0.25, -0.2) is 0 Å². The molecule has 0 unspecified atom stereocenters. The zero-order valence-electron chi connectivity index (χ0n) is 7.79. The van der Waals surface area contributed by atoms with Crippen molar-refractivity contribution in [1.82, 2.24) is 0 Å². The Hall–Kier alpha value is 0.310. The van der Waals surface area contributed by atoms with E-state index in [9.17, 15) is 0 Å². The lowest BCUT2D eigenvalue weighted by molar-refractivity contribution is -0.128. The molecule has 3 fully saturated rings. The molecule has 3 nitrogen and oxygen atoms in total. The first-order valence-electron chi connectivity index (χ1n) is 4.22. The quantitative estimate of drug-likeness (QED) is 0.548. The van der Waals surface area contributed by atoms with Crippen molar-refractivity contribution >= 4 is 8.60 Å². The third-order valence-corrected chi connectivity index (χ3v) is 3.95. The maximum absolute atomic E-state index is 5.43. The molecule has 0 aromatic carbocycles. The molecule has 0 saturated carbocycles. The normalized spacial score (nSPS) is 41.8. The molecular weight excluding hydrogens is 175 g/mol. The summed E-state index contributed by atoms with van der Waals surface area (Å²) in [5, 5.41) is 0. The van der Waals surface area contributed by atoms with Crippen LogP contribution in [0.5, 0.6) is 0 Å². The Labute approximate surface area is 74.4 Å². The summed E-state index contributed by atoms with van der Waals surface area (Å²) in [5.41, 5.74) is 0.263. The molecule has 0 aromatic rings. The summed E-state index contributed by atoms with van der Waals surface area (Å²) < 4.78 is 16.3. The molecule has 0 amide bonds. The van der Waals surface area contributed by atoms with Gasteiger partial charge in [0.1, 0.15) is 0 Å². The molecule has 3 heterocycles. The van der Waals surface area contributed by atoms with Gasteiger partial charge in [-0.15, -0.1) is 0 Å². The van der Waals surface area contributed by atoms with E-state index in [0.29, 0.717) is 0 Å². The first kappa shape index (κ1) is 8.89. The predicted molar refractivity (Wildman–Crippen MR) is 46.7 cm³/mol. The summed E-state index contributed by atoms with van der Waals surface area (Å²) in [4.78, 5) is 0. The van der Waals surface area contributed by atoms with Gasteiger partial charge in [0.2, 0.25) is 0 Å². The SMILES string of the molecule is CC(C)(C)C12COP(OC1)OC2. The molecular formula is C8H15O3P. The number of hydrogen-bond acceptors (Lipinski definition) is 3. The van der Waals surface area contributed by atoms with Crippen molar-refractivity contribution in [3.05, 3.63) is 0 Å². The highest BCUT2D eigenvalue weighted by atomic mass is 31.2. The Morgan fingerprint density at radius 1 is 1.00 bits per heavy atom. The van der Waals surface area contributed by atoms with Gasteiger partial charge in [-0.2, -0.15) is 0 Å². The lowest BCUT2D eigenvalue weighted by Gasteiger charge is -2.51. The van der Waals surface area contributed by atoms with Crippen LogP contribution in [0.2, 0.25) is 0 Å². The van der Waals surface area contributed by atoms with Crippen LogP contribution in [-0.4, -0.2) is 19.8 Å². The lowest BCUT2D eigenvalue weighted by Crippen LogP contribution is -2.51. The molecule has 12 heavy (non-hydrogen) atoms. The third-order valence-electron chi connectivity index (χ3n) is 2.93. The summed E-state index contributed by atoms with van der Waals surface area (Å²) >= 11 is 0. The molecule has 4 heteroatoms. The standard InChI is InChI=1S/C8H15O3P/c1-7(2,3)8-4-9-12(10-5-8)11-6-8/h4-6H2,1-3H3. The second-order valence-corrected chi connectivity index (χ2v) is 5.80. The molecule has 0 spiro atoms. The van der Waals surface area contributed by atoms with Gasteiger partial charge >= 0.3 is 8.60 Å². The molecule has 0 aliphatic carbocycles. The van der Waals surface area contributed by atoms with Gasteiger partial charge in [0.15, 0.2) is 0 Å². The fourth-order valence-corrected chi connectivity index (χ4v) is 2.70. The van der Waals surface area contributed by atoms with Crippen molar-refractivity contribution in [2.45, 2.75) is 20.8 Å². The van der Waals surface area contributed by atoms with Crippen LogP contribution in [0, 0.1) is 10.8 Å². The Bertz CT molecular complexity index is 165. The van der Waals surface area contributed by atoms with Gasteiger partial charge < -0.3 is 13.6 Å². The summed E-state index contributed by atoms with van der Waals surface area (Å²) in [6.45, 7) is 9.01. The van der Waals surface area contributed by atoms with Crippen molar-refractivity contribution in [2.24, 2.45) is 10.8 Å². The third kappa shape index (κ3) is 1.20. The van der Waals surface area contributed by atoms with Crippen LogP contribution in [0.4, 0.5) is 0 Å². The minimum Gasteiger partial charge on any atom is -0.311 e. The molecule has 3 aliphatic heterocycles. The van der Waals surface area contributed by atoms with Gasteiger partial charge in [-0.1, -0.05) is 20.8 Å². The van der Waals surface area contributed by atoms with Gasteiger partial charge in [0, 0.05) is 5.41 Å². The molecule has 3 aliphatic rings. The monoisotopic (exact) mass is 190 g/mol. The van der Waals surface area contributed by atoms with Crippen LogP contribution in [0.3, 0.4) is 0 Å². The summed E-state index contributed by atoms with van der Waals surface area (Å²) in [6, 6.07) is 0. The predicted octanol–water partition coefficient (Wildman–Crippen LogP) is 2.32. The van der Waals surface area contributed by atoms with E-state index in [0.717, 1.165) is 19.8 Å². The van der Waals surface area contributed by atoms with Crippen molar-refractivity contribution in [3.63, 3.8) is 0 Å². The highest BCUT2D eigenvalue weighted by molar-refractivity contribution is 7.41. The van der Waals surface area contributed by atoms with Crippen LogP contribution in [-0.2, 0) is 13.6 Å². The van der Waals surface area contributed by atoms with E-state index in [1.54, 1.807) is 0 Å². The smallest absolute Gasteiger partial charge is 0.311 e. The minimum atomic E-state index is -0.983. The summed E-state index contributed by atoms with van der Waals surface area (Å²) in [5.74, 6) is 0. The Morgan fingerprint density at radius 2 is 1.42 bits per heavy atom. The Kier molecular flexibility index (Phi) is 1.96. The number of hydrogen-bond donors (Lipinski definition) is 0. The fraction of sp³-hybridized carbons (Fsp3) is 1.00. The molecule has 0 aromatic heterocycles. The molecule has 2 bridgehead atoms. The highest BCUT2D eigenvalue weighted by Crippen LogP contribution is 2.58. The van der Waals surface area contributed by atoms with Crippen molar-refractivity contribution < 1.29 is 13.6 Å². The van der Waals surface area contributed by atoms with Gasteiger partial charge in [0.25, 0.3) is 0 Å². The zero-order valence-corrected chi connectivity index (χ0v) is 8.69. The average Bonchev–Trinajstić information content (AvgIpc) is 2.06. The first-order valence-corrected chi connectivity index (χ1v) is 5.32. The van der Waals surface area contributed by atoms with Crippen LogP contribution >= 0.6 is 8.60 Å². The van der Waals surface area contributed by atoms with E-state index < -0.39 is 8.60 Å². The van der Waals surface area contributed by atoms with Crippen LogP contribution in [0.1, 0.15) is 20.8 Å². The second-order valence-electron chi connectivity index (χ2n) is 4.57. The highest BCUT2D eigenvalue weighted by Gasteiger charge is 2.51. The van der Waals surface area contributed by atoms with Gasteiger partial charge in [0.05, 0.1) is 19.8 Å². The van der Waals surface area contributed by atoms with E-state index in [1.165, 1.54) is 0 Å². The average molecular weight is 190 g/mol. The first-order chi connectivity index (χ1) is 5.54. The van der Waals surface area contributed by atoms with Crippen molar-refractivity contribution in [1.29, 1.82) is 0 Å². The second kappa shape index (κ2) is 2.65. The van der Waals surface area contributed by atoms with E-state index in [4.69, 9.17) is 13.6 Å². The van der Waals surface area contributed by atoms with Gasteiger partial charge in [-0.3, -0.25) is 0 Å². The van der Waals surface area contributed by atoms with E-state index >= 15 is 0 Å². The minimum absolute atomic E-state index is 0.0735. The molecule has 0 atom stereocenters. The number of fused-ring (bicyclic) bond motifs is 3. The molecule has 3 saturated heterocycles. The maximum Gasteiger partial charge on any atom is 0.332 e. The molecule has 0 radical (unpaired) electrons. The molecule has 70 valence electrons. The molecule has 3 rings (SSSR count). The summed E-state index contributed by atoms with van der Waals surface area (Å²) in [7, 11) is -0.983.